The van der Waals surface area contributed by atoms with Gasteiger partial charge in [-0.05, 0) is 36.1 Å². The number of nitrogens with one attached hydrogen (secondary N) is 2. The Labute approximate surface area is 161 Å². The summed E-state index contributed by atoms with van der Waals surface area (Å²) in [5, 5.41) is 6.30. The second kappa shape index (κ2) is 10.4. The third-order valence-corrected chi connectivity index (χ3v) is 4.57. The predicted octanol–water partition coefficient (Wildman–Crippen LogP) is 1.72. The van der Waals surface area contributed by atoms with Gasteiger partial charge in [0.15, 0.2) is 17.5 Å². The van der Waals surface area contributed by atoms with Crippen molar-refractivity contribution in [1.82, 2.24) is 15.5 Å². The lowest BCUT2D eigenvalue weighted by molar-refractivity contribution is -0.132. The van der Waals surface area contributed by atoms with Crippen LogP contribution in [0.3, 0.4) is 0 Å². The number of aliphatic imine (C=N–C) groups is 1. The molecule has 0 fully saturated rings. The molecule has 2 N–H and O–H groups in total. The molecule has 1 aromatic rings. The number of carbonyl (C=O) groups is 1. The van der Waals surface area contributed by atoms with Gasteiger partial charge in [0.25, 0.3) is 0 Å². The Kier molecular flexibility index (Phi) is 7.98. The summed E-state index contributed by atoms with van der Waals surface area (Å²) in [6.45, 7) is 6.36. The zero-order chi connectivity index (χ0) is 19.6. The number of guanidine groups is 1. The van der Waals surface area contributed by atoms with Crippen LogP contribution in [-0.4, -0.2) is 57.7 Å². The molecule has 1 aliphatic rings. The lowest BCUT2D eigenvalue weighted by atomic mass is 9.98. The molecular formula is C20H30N4O3. The minimum absolute atomic E-state index is 0.172. The second-order valence-corrected chi connectivity index (χ2v) is 6.31. The molecule has 7 nitrogen and oxygen atoms in total. The molecule has 0 bridgehead atoms. The average molecular weight is 374 g/mol. The highest BCUT2D eigenvalue weighted by atomic mass is 16.5. The fraction of sp³-hybridized carbons (Fsp3) is 0.500. The van der Waals surface area contributed by atoms with E-state index in [1.165, 1.54) is 5.56 Å². The molecule has 1 aliphatic heterocycles. The molecule has 2 rings (SSSR count). The molecule has 1 aromatic carbocycles. The first-order valence-corrected chi connectivity index (χ1v) is 9.19. The SMILES string of the molecule is C=CCNC(=NC)NCCCC(=O)N1CCc2cc(OC)c(OC)cc2C1. The number of ether oxygens (including phenoxy) is 2. The number of carbonyl (C=O) groups excluding carboxylic acids is 1. The number of nitrogens with zero attached hydrogens (tertiary/aromatic N) is 2. The molecule has 0 unspecified atom stereocenters. The maximum Gasteiger partial charge on any atom is 0.222 e. The van der Waals surface area contributed by atoms with Gasteiger partial charge in [0.1, 0.15) is 0 Å². The van der Waals surface area contributed by atoms with Crippen LogP contribution in [0, 0.1) is 0 Å². The standard InChI is InChI=1S/C20H30N4O3/c1-5-9-22-20(21-2)23-10-6-7-19(25)24-11-8-15-12-17(26-3)18(27-4)13-16(15)14-24/h5,12-13H,1,6-11,14H2,2-4H3,(H2,21,22,23). The average Bonchev–Trinajstić information content (AvgIpc) is 2.71. The Morgan fingerprint density at radius 3 is 2.59 bits per heavy atom. The molecule has 7 heteroatoms. The van der Waals surface area contributed by atoms with Crippen LogP contribution in [0.1, 0.15) is 24.0 Å². The van der Waals surface area contributed by atoms with Crippen LogP contribution in [0.2, 0.25) is 0 Å². The van der Waals surface area contributed by atoms with Crippen molar-refractivity contribution >= 4 is 11.9 Å². The molecule has 0 aromatic heterocycles. The molecule has 0 saturated heterocycles. The van der Waals surface area contributed by atoms with E-state index >= 15 is 0 Å². The van der Waals surface area contributed by atoms with Gasteiger partial charge in [-0.15, -0.1) is 6.58 Å². The number of fused-ring (bicyclic) bond motifs is 1. The van der Waals surface area contributed by atoms with E-state index in [-0.39, 0.29) is 5.91 Å². The zero-order valence-electron chi connectivity index (χ0n) is 16.5. The largest absolute Gasteiger partial charge is 0.493 e. The number of methoxy groups -OCH3 is 2. The summed E-state index contributed by atoms with van der Waals surface area (Å²) in [6, 6.07) is 3.99. The van der Waals surface area contributed by atoms with Crippen molar-refractivity contribution in [2.75, 3.05) is 40.9 Å². The minimum Gasteiger partial charge on any atom is -0.493 e. The topological polar surface area (TPSA) is 75.2 Å². The zero-order valence-corrected chi connectivity index (χ0v) is 16.5. The first kappa shape index (κ1) is 20.6. The van der Waals surface area contributed by atoms with Gasteiger partial charge in [-0.2, -0.15) is 0 Å². The van der Waals surface area contributed by atoms with E-state index in [0.29, 0.717) is 31.8 Å². The van der Waals surface area contributed by atoms with Crippen molar-refractivity contribution in [3.63, 3.8) is 0 Å². The van der Waals surface area contributed by atoms with Gasteiger partial charge in [-0.1, -0.05) is 6.08 Å². The molecule has 0 radical (unpaired) electrons. The monoisotopic (exact) mass is 374 g/mol. The Morgan fingerprint density at radius 1 is 1.26 bits per heavy atom. The van der Waals surface area contributed by atoms with Gasteiger partial charge in [0, 0.05) is 39.6 Å². The lowest BCUT2D eigenvalue weighted by Crippen LogP contribution is -2.39. The molecule has 0 saturated carbocycles. The molecule has 1 heterocycles. The van der Waals surface area contributed by atoms with E-state index in [4.69, 9.17) is 9.47 Å². The highest BCUT2D eigenvalue weighted by Gasteiger charge is 2.22. The summed E-state index contributed by atoms with van der Waals surface area (Å²) in [5.41, 5.74) is 2.34. The molecule has 0 spiro atoms. The summed E-state index contributed by atoms with van der Waals surface area (Å²) >= 11 is 0. The Morgan fingerprint density at radius 2 is 1.96 bits per heavy atom. The second-order valence-electron chi connectivity index (χ2n) is 6.31. The van der Waals surface area contributed by atoms with Crippen molar-refractivity contribution in [3.8, 4) is 11.5 Å². The van der Waals surface area contributed by atoms with Crippen LogP contribution < -0.4 is 20.1 Å². The van der Waals surface area contributed by atoms with Gasteiger partial charge in [0.2, 0.25) is 5.91 Å². The van der Waals surface area contributed by atoms with Crippen LogP contribution >= 0.6 is 0 Å². The smallest absolute Gasteiger partial charge is 0.222 e. The van der Waals surface area contributed by atoms with Crippen LogP contribution in [-0.2, 0) is 17.8 Å². The third kappa shape index (κ3) is 5.64. The van der Waals surface area contributed by atoms with Crippen LogP contribution in [0.15, 0.2) is 29.8 Å². The van der Waals surface area contributed by atoms with Gasteiger partial charge in [-0.25, -0.2) is 0 Å². The number of hydrogen-bond donors (Lipinski definition) is 2. The van der Waals surface area contributed by atoms with Crippen LogP contribution in [0.25, 0.3) is 0 Å². The van der Waals surface area contributed by atoms with E-state index in [9.17, 15) is 4.79 Å². The summed E-state index contributed by atoms with van der Waals surface area (Å²) in [4.78, 5) is 18.6. The normalized spacial score (nSPS) is 13.6. The van der Waals surface area contributed by atoms with E-state index < -0.39 is 0 Å². The van der Waals surface area contributed by atoms with E-state index in [2.05, 4.69) is 22.2 Å². The van der Waals surface area contributed by atoms with Gasteiger partial charge in [0.05, 0.1) is 14.2 Å². The number of rotatable bonds is 8. The van der Waals surface area contributed by atoms with Crippen LogP contribution in [0.4, 0.5) is 0 Å². The first-order chi connectivity index (χ1) is 13.1. The van der Waals surface area contributed by atoms with Crippen molar-refractivity contribution < 1.29 is 14.3 Å². The highest BCUT2D eigenvalue weighted by Crippen LogP contribution is 2.33. The Bertz CT molecular complexity index is 688. The number of amides is 1. The number of hydrogen-bond acceptors (Lipinski definition) is 4. The highest BCUT2D eigenvalue weighted by molar-refractivity contribution is 5.80. The quantitative estimate of drug-likeness (QED) is 0.314. The van der Waals surface area contributed by atoms with Crippen molar-refractivity contribution in [2.45, 2.75) is 25.8 Å². The van der Waals surface area contributed by atoms with E-state index in [1.54, 1.807) is 27.3 Å². The van der Waals surface area contributed by atoms with Gasteiger partial charge in [-0.3, -0.25) is 9.79 Å². The molecule has 0 atom stereocenters. The van der Waals surface area contributed by atoms with E-state index in [1.807, 2.05) is 17.0 Å². The van der Waals surface area contributed by atoms with E-state index in [0.717, 1.165) is 36.7 Å². The summed E-state index contributed by atoms with van der Waals surface area (Å²) in [5.74, 6) is 2.33. The predicted molar refractivity (Wildman–Crippen MR) is 107 cm³/mol. The summed E-state index contributed by atoms with van der Waals surface area (Å²) < 4.78 is 10.7. The van der Waals surface area contributed by atoms with Gasteiger partial charge >= 0.3 is 0 Å². The fourth-order valence-corrected chi connectivity index (χ4v) is 3.09. The molecule has 1 amide bonds. The van der Waals surface area contributed by atoms with Crippen LogP contribution in [0.5, 0.6) is 11.5 Å². The lowest BCUT2D eigenvalue weighted by Gasteiger charge is -2.29. The maximum absolute atomic E-state index is 12.6. The Hall–Kier alpha value is -2.70. The minimum atomic E-state index is 0.172. The van der Waals surface area contributed by atoms with Crippen molar-refractivity contribution in [1.29, 1.82) is 0 Å². The molecule has 0 aliphatic carbocycles. The maximum atomic E-state index is 12.6. The van der Waals surface area contributed by atoms with Crippen molar-refractivity contribution in [2.24, 2.45) is 4.99 Å². The first-order valence-electron chi connectivity index (χ1n) is 9.19. The summed E-state index contributed by atoms with van der Waals surface area (Å²) in [7, 11) is 4.98. The van der Waals surface area contributed by atoms with Gasteiger partial charge < -0.3 is 25.0 Å². The molecule has 27 heavy (non-hydrogen) atoms. The summed E-state index contributed by atoms with van der Waals surface area (Å²) in [6.07, 6.45) is 3.87. The molecule has 148 valence electrons. The van der Waals surface area contributed by atoms with Crippen molar-refractivity contribution in [3.05, 3.63) is 35.9 Å². The molecular weight excluding hydrogens is 344 g/mol. The fourth-order valence-electron chi connectivity index (χ4n) is 3.09. The number of benzene rings is 1. The third-order valence-electron chi connectivity index (χ3n) is 4.57. The Balaban J connectivity index is 1.84.